The first-order valence-corrected chi connectivity index (χ1v) is 10.2. The number of aliphatic hydroxyl groups excluding tert-OH is 3. The molecule has 168 valence electrons. The van der Waals surface area contributed by atoms with E-state index < -0.39 is 42.3 Å². The summed E-state index contributed by atoms with van der Waals surface area (Å²) in [4.78, 5) is 13.3. The molecule has 0 spiro atoms. The van der Waals surface area contributed by atoms with Gasteiger partial charge in [0.2, 0.25) is 6.29 Å². The van der Waals surface area contributed by atoms with Gasteiger partial charge in [-0.2, -0.15) is 0 Å². The van der Waals surface area contributed by atoms with E-state index in [1.807, 2.05) is 25.1 Å². The molecule has 2 fully saturated rings. The van der Waals surface area contributed by atoms with Crippen LogP contribution in [0.3, 0.4) is 0 Å². The van der Waals surface area contributed by atoms with Crippen LogP contribution in [0, 0.1) is 5.92 Å². The third-order valence-corrected chi connectivity index (χ3v) is 6.02. The second kappa shape index (κ2) is 9.17. The molecule has 1 aliphatic heterocycles. The molecule has 5 N–H and O–H groups in total. The van der Waals surface area contributed by atoms with Gasteiger partial charge in [0.1, 0.15) is 24.1 Å². The fraction of sp³-hybridized carbons (Fsp3) is 0.667. The van der Waals surface area contributed by atoms with Crippen LogP contribution in [0.4, 0.5) is 0 Å². The molecule has 9 nitrogen and oxygen atoms in total. The first-order chi connectivity index (χ1) is 14.1. The van der Waals surface area contributed by atoms with Gasteiger partial charge in [-0.05, 0) is 44.6 Å². The lowest BCUT2D eigenvalue weighted by atomic mass is 9.71. The number of hydrogen-bond donors (Lipinski definition) is 5. The number of rotatable bonds is 6. The zero-order valence-corrected chi connectivity index (χ0v) is 17.2. The molecule has 7 atom stereocenters. The Kier molecular flexibility index (Phi) is 7.01. The Labute approximate surface area is 175 Å². The second-order valence-corrected chi connectivity index (χ2v) is 8.51. The summed E-state index contributed by atoms with van der Waals surface area (Å²) in [6, 6.07) is 6.77. The standard InChI is InChI=1S/C21H31NO8/c1-22(2)11-13-6-3-4-9-21(13,28)12-7-5-8-14(10-12)29-20-17(25)15(23)16(24)18(30-20)19(26)27/h5,7-8,10,13,15-18,20,23-25,28H,3-4,6,9,11H2,1-2H3,(H,26,27)/t13-,15-,16-,17-,18+,20+,21-/m0/s1. The number of aliphatic carboxylic acids is 1. The van der Waals surface area contributed by atoms with Gasteiger partial charge in [-0.25, -0.2) is 4.79 Å². The number of carboxylic acids is 1. The van der Waals surface area contributed by atoms with Crippen molar-refractivity contribution in [1.82, 2.24) is 4.90 Å². The molecule has 1 heterocycles. The summed E-state index contributed by atoms with van der Waals surface area (Å²) >= 11 is 0. The molecule has 1 aromatic carbocycles. The smallest absolute Gasteiger partial charge is 0.335 e. The minimum atomic E-state index is -1.78. The lowest BCUT2D eigenvalue weighted by Gasteiger charge is -2.42. The summed E-state index contributed by atoms with van der Waals surface area (Å²) in [5, 5.41) is 50.6. The van der Waals surface area contributed by atoms with Crippen LogP contribution < -0.4 is 4.74 Å². The van der Waals surface area contributed by atoms with Crippen molar-refractivity contribution in [2.45, 2.75) is 62.0 Å². The van der Waals surface area contributed by atoms with Crippen LogP contribution in [-0.4, -0.2) is 87.7 Å². The van der Waals surface area contributed by atoms with E-state index in [4.69, 9.17) is 9.47 Å². The number of nitrogens with zero attached hydrogens (tertiary/aromatic N) is 1. The molecular weight excluding hydrogens is 394 g/mol. The number of benzene rings is 1. The molecule has 3 rings (SSSR count). The van der Waals surface area contributed by atoms with Gasteiger partial charge in [-0.1, -0.05) is 25.0 Å². The van der Waals surface area contributed by atoms with Crippen LogP contribution in [-0.2, 0) is 15.1 Å². The maximum absolute atomic E-state index is 11.5. The molecule has 1 aromatic rings. The average molecular weight is 425 g/mol. The van der Waals surface area contributed by atoms with Gasteiger partial charge >= 0.3 is 5.97 Å². The second-order valence-electron chi connectivity index (χ2n) is 8.51. The summed E-state index contributed by atoms with van der Waals surface area (Å²) in [5.74, 6) is -1.17. The minimum Gasteiger partial charge on any atom is -0.479 e. The van der Waals surface area contributed by atoms with E-state index in [9.17, 15) is 30.3 Å². The highest BCUT2D eigenvalue weighted by Crippen LogP contribution is 2.43. The first-order valence-electron chi connectivity index (χ1n) is 10.2. The number of carboxylic acid groups (broad SMARTS) is 1. The van der Waals surface area contributed by atoms with E-state index in [1.165, 1.54) is 0 Å². The third-order valence-electron chi connectivity index (χ3n) is 6.02. The van der Waals surface area contributed by atoms with E-state index in [2.05, 4.69) is 0 Å². The SMILES string of the molecule is CN(C)C[C@@H]1CCCC[C@]1(O)c1cccc(O[C@@H]2O[C@@H](C(=O)O)[C@@H](O)[C@H](O)[C@@H]2O)c1. The van der Waals surface area contributed by atoms with Crippen molar-refractivity contribution in [2.24, 2.45) is 5.92 Å². The van der Waals surface area contributed by atoms with Gasteiger partial charge in [-0.3, -0.25) is 0 Å². The summed E-state index contributed by atoms with van der Waals surface area (Å²) in [5.41, 5.74) is -0.361. The Morgan fingerprint density at radius 1 is 1.20 bits per heavy atom. The predicted octanol–water partition coefficient (Wildman–Crippen LogP) is -0.103. The summed E-state index contributed by atoms with van der Waals surface area (Å²) in [7, 11) is 3.93. The van der Waals surface area contributed by atoms with Crippen molar-refractivity contribution in [3.8, 4) is 5.75 Å². The van der Waals surface area contributed by atoms with E-state index in [0.717, 1.165) is 25.8 Å². The fourth-order valence-electron chi connectivity index (χ4n) is 4.41. The van der Waals surface area contributed by atoms with E-state index in [-0.39, 0.29) is 11.7 Å². The molecule has 1 saturated carbocycles. The predicted molar refractivity (Wildman–Crippen MR) is 106 cm³/mol. The van der Waals surface area contributed by atoms with Crippen molar-refractivity contribution >= 4 is 5.97 Å². The summed E-state index contributed by atoms with van der Waals surface area (Å²) in [6.45, 7) is 0.733. The topological polar surface area (TPSA) is 140 Å². The molecule has 30 heavy (non-hydrogen) atoms. The quantitative estimate of drug-likeness (QED) is 0.422. The minimum absolute atomic E-state index is 0.0429. The molecule has 0 bridgehead atoms. The zero-order chi connectivity index (χ0) is 22.1. The Morgan fingerprint density at radius 3 is 2.60 bits per heavy atom. The van der Waals surface area contributed by atoms with Gasteiger partial charge in [0, 0.05) is 12.5 Å². The van der Waals surface area contributed by atoms with Gasteiger partial charge in [0.25, 0.3) is 0 Å². The Balaban J connectivity index is 1.82. The van der Waals surface area contributed by atoms with Crippen LogP contribution in [0.1, 0.15) is 31.2 Å². The third kappa shape index (κ3) is 4.61. The Morgan fingerprint density at radius 2 is 1.93 bits per heavy atom. The molecule has 1 saturated heterocycles. The first kappa shape index (κ1) is 22.9. The van der Waals surface area contributed by atoms with Crippen LogP contribution in [0.5, 0.6) is 5.75 Å². The van der Waals surface area contributed by atoms with E-state index >= 15 is 0 Å². The highest BCUT2D eigenvalue weighted by atomic mass is 16.7. The number of ether oxygens (including phenoxy) is 2. The number of aliphatic hydroxyl groups is 4. The fourth-order valence-corrected chi connectivity index (χ4v) is 4.41. The van der Waals surface area contributed by atoms with Crippen LogP contribution in [0.2, 0.25) is 0 Å². The van der Waals surface area contributed by atoms with Crippen LogP contribution >= 0.6 is 0 Å². The molecule has 2 aliphatic rings. The molecule has 0 unspecified atom stereocenters. The van der Waals surface area contributed by atoms with Crippen molar-refractivity contribution in [2.75, 3.05) is 20.6 Å². The number of hydrogen-bond acceptors (Lipinski definition) is 8. The van der Waals surface area contributed by atoms with Gasteiger partial charge < -0.3 is 39.9 Å². The molecule has 1 aliphatic carbocycles. The van der Waals surface area contributed by atoms with E-state index in [1.54, 1.807) is 18.2 Å². The molecule has 0 amide bonds. The maximum Gasteiger partial charge on any atom is 0.335 e. The van der Waals surface area contributed by atoms with Crippen LogP contribution in [0.25, 0.3) is 0 Å². The highest BCUT2D eigenvalue weighted by molar-refractivity contribution is 5.73. The van der Waals surface area contributed by atoms with Crippen molar-refractivity contribution in [3.63, 3.8) is 0 Å². The highest BCUT2D eigenvalue weighted by Gasteiger charge is 2.48. The summed E-state index contributed by atoms with van der Waals surface area (Å²) in [6.07, 6.45) is -4.91. The maximum atomic E-state index is 11.5. The normalized spacial score (nSPS) is 37.2. The van der Waals surface area contributed by atoms with Crippen molar-refractivity contribution in [3.05, 3.63) is 29.8 Å². The van der Waals surface area contributed by atoms with Crippen molar-refractivity contribution < 1.29 is 39.8 Å². The molecule has 9 heteroatoms. The van der Waals surface area contributed by atoms with Crippen molar-refractivity contribution in [1.29, 1.82) is 0 Å². The molecule has 0 radical (unpaired) electrons. The Hall–Kier alpha value is -1.75. The van der Waals surface area contributed by atoms with Crippen LogP contribution in [0.15, 0.2) is 24.3 Å². The number of carbonyl (C=O) groups is 1. The van der Waals surface area contributed by atoms with E-state index in [0.29, 0.717) is 12.0 Å². The molecule has 0 aromatic heterocycles. The molecular formula is C21H31NO8. The van der Waals surface area contributed by atoms with Gasteiger partial charge in [-0.15, -0.1) is 0 Å². The summed E-state index contributed by atoms with van der Waals surface area (Å²) < 4.78 is 10.8. The zero-order valence-electron chi connectivity index (χ0n) is 17.2. The lowest BCUT2D eigenvalue weighted by molar-refractivity contribution is -0.271. The largest absolute Gasteiger partial charge is 0.479 e. The monoisotopic (exact) mass is 425 g/mol. The van der Waals surface area contributed by atoms with Gasteiger partial charge in [0.15, 0.2) is 6.10 Å². The Bertz CT molecular complexity index is 743. The average Bonchev–Trinajstić information content (AvgIpc) is 2.70. The lowest BCUT2D eigenvalue weighted by Crippen LogP contribution is -2.61. The van der Waals surface area contributed by atoms with Gasteiger partial charge in [0.05, 0.1) is 5.60 Å².